The van der Waals surface area contributed by atoms with Crippen LogP contribution in [0.1, 0.15) is 92.2 Å². The molecule has 5 rings (SSSR count). The number of hydrogen-bond donors (Lipinski definition) is 0. The molecule has 40 heavy (non-hydrogen) atoms. The normalized spacial score (nSPS) is 22.6. The van der Waals surface area contributed by atoms with Crippen molar-refractivity contribution in [1.82, 2.24) is 9.78 Å². The minimum atomic E-state index is -1.27. The van der Waals surface area contributed by atoms with Crippen LogP contribution in [0.4, 0.5) is 0 Å². The van der Waals surface area contributed by atoms with Crippen LogP contribution in [0.25, 0.3) is 0 Å². The Morgan fingerprint density at radius 1 is 0.900 bits per heavy atom. The highest BCUT2D eigenvalue weighted by atomic mass is 28.3. The molecule has 1 saturated heterocycles. The zero-order valence-electron chi connectivity index (χ0n) is 25.4. The molecule has 1 aliphatic heterocycles. The Morgan fingerprint density at radius 2 is 1.50 bits per heavy atom. The van der Waals surface area contributed by atoms with Gasteiger partial charge in [0, 0.05) is 24.5 Å². The van der Waals surface area contributed by atoms with Crippen LogP contribution in [0.2, 0.25) is 0 Å². The molecule has 2 fully saturated rings. The maximum Gasteiger partial charge on any atom is 0.498 e. The standard InChI is InChI=1S/C33H46BN2O3Si/c1-31(2,3)26-15-19-30(20-16-26)40(29-11-9-8-10-12-29)37-22-21-25-13-17-28(18-14-25)36-24-27(23-35-36)34-38-32(4,5)33(6,7)39-34/h8-12,15-16,19-20,23-25,28H,13-14,17-18,21-22H2,1-7H3. The van der Waals surface area contributed by atoms with Crippen molar-refractivity contribution in [1.29, 1.82) is 0 Å². The second kappa shape index (κ2) is 11.6. The van der Waals surface area contributed by atoms with Gasteiger partial charge in [-0.15, -0.1) is 0 Å². The van der Waals surface area contributed by atoms with Crippen molar-refractivity contribution in [2.75, 3.05) is 6.61 Å². The molecule has 3 aromatic rings. The van der Waals surface area contributed by atoms with E-state index in [-0.39, 0.29) is 23.7 Å². The number of aromatic nitrogens is 2. The monoisotopic (exact) mass is 557 g/mol. The van der Waals surface area contributed by atoms with E-state index in [4.69, 9.17) is 18.8 Å². The lowest BCUT2D eigenvalue weighted by atomic mass is 9.81. The lowest BCUT2D eigenvalue weighted by molar-refractivity contribution is 0.00578. The lowest BCUT2D eigenvalue weighted by Crippen LogP contribution is -2.45. The fourth-order valence-corrected chi connectivity index (χ4v) is 7.68. The third-order valence-corrected chi connectivity index (χ3v) is 11.4. The molecule has 0 N–H and O–H groups in total. The Bertz CT molecular complexity index is 1230. The average molecular weight is 558 g/mol. The van der Waals surface area contributed by atoms with E-state index in [1.807, 2.05) is 6.20 Å². The summed E-state index contributed by atoms with van der Waals surface area (Å²) in [7, 11) is -1.62. The van der Waals surface area contributed by atoms with Gasteiger partial charge in [0.2, 0.25) is 0 Å². The first-order valence-electron chi connectivity index (χ1n) is 15.0. The van der Waals surface area contributed by atoms with E-state index in [0.29, 0.717) is 12.0 Å². The van der Waals surface area contributed by atoms with Gasteiger partial charge in [-0.05, 0) is 87.1 Å². The summed E-state index contributed by atoms with van der Waals surface area (Å²) in [4.78, 5) is 0. The summed E-state index contributed by atoms with van der Waals surface area (Å²) in [6, 6.07) is 20.4. The first kappa shape index (κ1) is 29.3. The molecule has 2 aliphatic rings. The Balaban J connectivity index is 1.14. The van der Waals surface area contributed by atoms with E-state index >= 15 is 0 Å². The largest absolute Gasteiger partial charge is 0.498 e. The molecule has 7 heteroatoms. The van der Waals surface area contributed by atoms with E-state index < -0.39 is 9.04 Å². The molecular weight excluding hydrogens is 511 g/mol. The second-order valence-electron chi connectivity index (χ2n) is 13.7. The first-order valence-corrected chi connectivity index (χ1v) is 16.4. The van der Waals surface area contributed by atoms with E-state index in [1.54, 1.807) is 0 Å². The van der Waals surface area contributed by atoms with E-state index in [2.05, 4.69) is 114 Å². The number of benzene rings is 2. The van der Waals surface area contributed by atoms with Gasteiger partial charge in [-0.3, -0.25) is 4.68 Å². The Kier molecular flexibility index (Phi) is 8.50. The molecule has 1 radical (unpaired) electrons. The lowest BCUT2D eigenvalue weighted by Gasteiger charge is -2.32. The topological polar surface area (TPSA) is 45.5 Å². The van der Waals surface area contributed by atoms with Gasteiger partial charge < -0.3 is 13.7 Å². The highest BCUT2D eigenvalue weighted by Crippen LogP contribution is 2.37. The Labute approximate surface area is 243 Å². The maximum absolute atomic E-state index is 6.70. The van der Waals surface area contributed by atoms with Gasteiger partial charge in [-0.2, -0.15) is 5.10 Å². The van der Waals surface area contributed by atoms with Crippen molar-refractivity contribution in [3.63, 3.8) is 0 Å². The molecule has 1 aliphatic carbocycles. The van der Waals surface area contributed by atoms with Gasteiger partial charge >= 0.3 is 7.12 Å². The number of hydrogen-bond acceptors (Lipinski definition) is 4. The third-order valence-electron chi connectivity index (χ3n) is 9.16. The summed E-state index contributed by atoms with van der Waals surface area (Å²) < 4.78 is 21.3. The fourth-order valence-electron chi connectivity index (χ4n) is 5.72. The molecule has 213 valence electrons. The maximum atomic E-state index is 6.70. The van der Waals surface area contributed by atoms with Gasteiger partial charge in [0.1, 0.15) is 0 Å². The van der Waals surface area contributed by atoms with Crippen molar-refractivity contribution in [2.24, 2.45) is 5.92 Å². The highest BCUT2D eigenvalue weighted by Gasteiger charge is 2.52. The summed E-state index contributed by atoms with van der Waals surface area (Å²) >= 11 is 0. The van der Waals surface area contributed by atoms with Crippen LogP contribution in [-0.4, -0.2) is 43.7 Å². The molecule has 5 nitrogen and oxygen atoms in total. The van der Waals surface area contributed by atoms with Crippen LogP contribution in [0.5, 0.6) is 0 Å². The van der Waals surface area contributed by atoms with Crippen LogP contribution in [0, 0.1) is 5.92 Å². The van der Waals surface area contributed by atoms with Crippen molar-refractivity contribution in [2.45, 2.75) is 103 Å². The van der Waals surface area contributed by atoms with E-state index in [1.165, 1.54) is 28.8 Å². The minimum absolute atomic E-state index is 0.154. The number of rotatable bonds is 8. The summed E-state index contributed by atoms with van der Waals surface area (Å²) in [5.74, 6) is 0.705. The number of nitrogens with zero attached hydrogens (tertiary/aromatic N) is 2. The predicted octanol–water partition coefficient (Wildman–Crippen LogP) is 5.42. The van der Waals surface area contributed by atoms with E-state index in [9.17, 15) is 0 Å². The summed E-state index contributed by atoms with van der Waals surface area (Å²) in [6.45, 7) is 16.0. The van der Waals surface area contributed by atoms with Gasteiger partial charge in [-0.25, -0.2) is 0 Å². The zero-order chi connectivity index (χ0) is 28.5. The molecule has 1 saturated carbocycles. The molecule has 2 heterocycles. The molecule has 1 aromatic heterocycles. The molecule has 0 spiro atoms. The van der Waals surface area contributed by atoms with Gasteiger partial charge in [0.25, 0.3) is 9.04 Å². The van der Waals surface area contributed by atoms with Crippen LogP contribution in [-0.2, 0) is 19.1 Å². The summed E-state index contributed by atoms with van der Waals surface area (Å²) in [6.07, 6.45) is 9.91. The van der Waals surface area contributed by atoms with Crippen molar-refractivity contribution in [3.8, 4) is 0 Å². The van der Waals surface area contributed by atoms with Crippen LogP contribution >= 0.6 is 0 Å². The van der Waals surface area contributed by atoms with Crippen molar-refractivity contribution < 1.29 is 13.7 Å². The Hall–Kier alpha value is -2.19. The molecule has 0 atom stereocenters. The van der Waals surface area contributed by atoms with Crippen molar-refractivity contribution >= 4 is 32.0 Å². The summed E-state index contributed by atoms with van der Waals surface area (Å²) in [5.41, 5.74) is 1.86. The van der Waals surface area contributed by atoms with Gasteiger partial charge in [0.15, 0.2) is 0 Å². The Morgan fingerprint density at radius 3 is 2.10 bits per heavy atom. The van der Waals surface area contributed by atoms with Crippen molar-refractivity contribution in [3.05, 3.63) is 72.6 Å². The van der Waals surface area contributed by atoms with Crippen LogP contribution in [0.3, 0.4) is 0 Å². The average Bonchev–Trinajstić information content (AvgIpc) is 3.49. The summed E-state index contributed by atoms with van der Waals surface area (Å²) in [5, 5.41) is 7.35. The molecule has 0 unspecified atom stereocenters. The second-order valence-corrected chi connectivity index (χ2v) is 15.8. The van der Waals surface area contributed by atoms with Crippen LogP contribution in [0.15, 0.2) is 67.0 Å². The smallest absolute Gasteiger partial charge is 0.407 e. The molecule has 0 bridgehead atoms. The predicted molar refractivity (Wildman–Crippen MR) is 166 cm³/mol. The zero-order valence-corrected chi connectivity index (χ0v) is 26.4. The quantitative estimate of drug-likeness (QED) is 0.347. The van der Waals surface area contributed by atoms with Gasteiger partial charge in [-0.1, -0.05) is 75.4 Å². The van der Waals surface area contributed by atoms with E-state index in [0.717, 1.165) is 31.3 Å². The molecule has 2 aromatic carbocycles. The minimum Gasteiger partial charge on any atom is -0.407 e. The molecular formula is C33H46BN2O3Si. The highest BCUT2D eigenvalue weighted by molar-refractivity contribution is 6.80. The van der Waals surface area contributed by atoms with Crippen LogP contribution < -0.4 is 15.8 Å². The SMILES string of the molecule is CC(C)(C)c1ccc([Si](OCCC2CCC(n3cc(B4OC(C)(C)C(C)(C)O4)cn3)CC2)c2ccccc2)cc1. The third kappa shape index (κ3) is 6.48. The fraction of sp³-hybridized carbons (Fsp3) is 0.545. The first-order chi connectivity index (χ1) is 18.9. The van der Waals surface area contributed by atoms with Gasteiger partial charge in [0.05, 0.1) is 17.2 Å². The molecule has 0 amide bonds.